The van der Waals surface area contributed by atoms with E-state index in [9.17, 15) is 10.5 Å². The molecule has 50 heavy (non-hydrogen) atoms. The molecule has 0 spiro atoms. The van der Waals surface area contributed by atoms with Crippen LogP contribution in [0.2, 0.25) is 0 Å². The molecular weight excluding hydrogens is 625 g/mol. The third-order valence-electron chi connectivity index (χ3n) is 9.63. The lowest BCUT2D eigenvalue weighted by Crippen LogP contribution is -2.74. The molecule has 0 bridgehead atoms. The predicted molar refractivity (Wildman–Crippen MR) is 206 cm³/mol. The molecule has 7 aromatic carbocycles. The van der Waals surface area contributed by atoms with E-state index in [-0.39, 0.29) is 0 Å². The topological polar surface area (TPSA) is 56.9 Å². The molecule has 0 saturated heterocycles. The molecule has 0 atom stereocenters. The van der Waals surface area contributed by atoms with E-state index in [0.717, 1.165) is 27.4 Å². The Morgan fingerprint density at radius 1 is 0.520 bits per heavy atom. The van der Waals surface area contributed by atoms with Crippen LogP contribution in [0.5, 0.6) is 0 Å². The number of benzene rings is 7. The Hall–Kier alpha value is -6.97. The van der Waals surface area contributed by atoms with Gasteiger partial charge in [0.05, 0.1) is 46.6 Å². The minimum absolute atomic E-state index is 0.439. The maximum Gasteiger partial charge on any atom is 0.211 e. The fourth-order valence-electron chi connectivity index (χ4n) is 7.46. The zero-order valence-corrected chi connectivity index (χ0v) is 28.0. The number of nitriles is 2. The Labute approximate surface area is 291 Å². The number of hydrogen-bond donors (Lipinski definition) is 0. The molecule has 0 radical (unpaired) electrons. The fourth-order valence-corrected chi connectivity index (χ4v) is 12.3. The number of nitrogens with zero attached hydrogens (tertiary/aromatic N) is 4. The number of hydrogen-bond acceptors (Lipinski definition) is 2. The second kappa shape index (κ2) is 12.6. The van der Waals surface area contributed by atoms with Crippen molar-refractivity contribution in [2.24, 2.45) is 0 Å². The summed E-state index contributed by atoms with van der Waals surface area (Å²) < 4.78 is 2.04. The van der Waals surface area contributed by atoms with Gasteiger partial charge in [0.25, 0.3) is 0 Å². The van der Waals surface area contributed by atoms with Crippen LogP contribution in [-0.4, -0.2) is 12.6 Å². The van der Waals surface area contributed by atoms with Crippen LogP contribution in [0.3, 0.4) is 0 Å². The summed E-state index contributed by atoms with van der Waals surface area (Å²) in [6.07, 6.45) is 0. The van der Waals surface area contributed by atoms with Crippen molar-refractivity contribution in [3.63, 3.8) is 0 Å². The minimum Gasteiger partial charge on any atom is -0.319 e. The average Bonchev–Trinajstić information content (AvgIpc) is 3.52. The Morgan fingerprint density at radius 3 is 1.70 bits per heavy atom. The van der Waals surface area contributed by atoms with Crippen LogP contribution >= 0.6 is 0 Å². The van der Waals surface area contributed by atoms with Crippen molar-refractivity contribution in [1.82, 2.24) is 4.57 Å². The van der Waals surface area contributed by atoms with Gasteiger partial charge >= 0.3 is 0 Å². The lowest BCUT2D eigenvalue weighted by atomic mass is 9.98. The number of para-hydroxylation sites is 1. The summed E-state index contributed by atoms with van der Waals surface area (Å²) in [5, 5.41) is 27.2. The predicted octanol–water partition coefficient (Wildman–Crippen LogP) is 8.12. The van der Waals surface area contributed by atoms with Gasteiger partial charge < -0.3 is 4.57 Å². The SMILES string of the molecule is [C-]#[N+]c1cc(-c2cccc([Si](c3ccccc3)(c3ccccc3)c3ccccc3)c2)c(C#N)cc1-n1c2ccccc2c2cc(C#N)ccc21. The lowest BCUT2D eigenvalue weighted by molar-refractivity contribution is 1.18. The van der Waals surface area contributed by atoms with Crippen LogP contribution in [0.1, 0.15) is 11.1 Å². The summed E-state index contributed by atoms with van der Waals surface area (Å²) in [6, 6.07) is 62.8. The molecule has 0 unspecified atom stereocenters. The molecule has 8 aromatic rings. The Bertz CT molecular complexity index is 2580. The van der Waals surface area contributed by atoms with Gasteiger partial charge in [0.2, 0.25) is 5.69 Å². The van der Waals surface area contributed by atoms with Crippen molar-refractivity contribution in [1.29, 1.82) is 10.5 Å². The van der Waals surface area contributed by atoms with E-state index in [1.54, 1.807) is 6.07 Å². The van der Waals surface area contributed by atoms with Crippen LogP contribution in [-0.2, 0) is 0 Å². The molecule has 1 heterocycles. The van der Waals surface area contributed by atoms with Crippen molar-refractivity contribution >= 4 is 56.3 Å². The molecule has 8 rings (SSSR count). The molecule has 0 fully saturated rings. The first-order valence-corrected chi connectivity index (χ1v) is 18.3. The highest BCUT2D eigenvalue weighted by Gasteiger charge is 2.41. The molecule has 0 aliphatic carbocycles. The average molecular weight is 653 g/mol. The first-order valence-electron chi connectivity index (χ1n) is 16.3. The second-order valence-electron chi connectivity index (χ2n) is 12.2. The van der Waals surface area contributed by atoms with Gasteiger partial charge in [-0.15, -0.1) is 0 Å². The van der Waals surface area contributed by atoms with Gasteiger partial charge in [-0.05, 0) is 68.3 Å². The van der Waals surface area contributed by atoms with Gasteiger partial charge in [-0.3, -0.25) is 0 Å². The van der Waals surface area contributed by atoms with E-state index in [4.69, 9.17) is 6.57 Å². The van der Waals surface area contributed by atoms with Crippen LogP contribution in [0, 0.1) is 29.2 Å². The maximum absolute atomic E-state index is 10.7. The normalized spacial score (nSPS) is 11.1. The monoisotopic (exact) mass is 652 g/mol. The molecule has 0 saturated carbocycles. The van der Waals surface area contributed by atoms with Crippen molar-refractivity contribution in [2.75, 3.05) is 0 Å². The van der Waals surface area contributed by atoms with E-state index < -0.39 is 8.07 Å². The lowest BCUT2D eigenvalue weighted by Gasteiger charge is -2.34. The van der Waals surface area contributed by atoms with Crippen LogP contribution in [0.4, 0.5) is 5.69 Å². The molecule has 0 aliphatic rings. The Balaban J connectivity index is 1.38. The molecule has 5 heteroatoms. The smallest absolute Gasteiger partial charge is 0.211 e. The summed E-state index contributed by atoms with van der Waals surface area (Å²) in [5.41, 5.74) is 5.51. The fraction of sp³-hybridized carbons (Fsp3) is 0. The minimum atomic E-state index is -2.81. The van der Waals surface area contributed by atoms with E-state index >= 15 is 0 Å². The zero-order valence-electron chi connectivity index (χ0n) is 27.0. The molecule has 4 nitrogen and oxygen atoms in total. The number of aromatic nitrogens is 1. The van der Waals surface area contributed by atoms with Gasteiger partial charge in [0.1, 0.15) is 0 Å². The van der Waals surface area contributed by atoms with Gasteiger partial charge in [-0.25, -0.2) is 4.85 Å². The largest absolute Gasteiger partial charge is 0.319 e. The molecule has 0 amide bonds. The van der Waals surface area contributed by atoms with E-state index in [0.29, 0.717) is 28.1 Å². The van der Waals surface area contributed by atoms with E-state index in [1.165, 1.54) is 20.7 Å². The third-order valence-corrected chi connectivity index (χ3v) is 14.4. The molecule has 0 N–H and O–H groups in total. The standard InChI is InChI=1S/C45H28N4Si/c1-48-42-29-40(34(31-47)28-45(42)49-43-23-12-11-22-39(43)41-26-32(30-46)24-25-44(41)49)33-14-13-21-38(27-33)50(35-15-5-2-6-16-35,36-17-7-3-8-18-36)37-19-9-4-10-20-37/h2-29H. The van der Waals surface area contributed by atoms with Gasteiger partial charge in [0, 0.05) is 10.8 Å². The van der Waals surface area contributed by atoms with Gasteiger partial charge in [-0.2, -0.15) is 10.5 Å². The first-order chi connectivity index (χ1) is 24.7. The van der Waals surface area contributed by atoms with Crippen LogP contribution < -0.4 is 20.7 Å². The third kappa shape index (κ3) is 4.80. The summed E-state index contributed by atoms with van der Waals surface area (Å²) >= 11 is 0. The van der Waals surface area contributed by atoms with E-state index in [2.05, 4.69) is 126 Å². The van der Waals surface area contributed by atoms with Crippen molar-refractivity contribution in [2.45, 2.75) is 0 Å². The Kier molecular flexibility index (Phi) is 7.63. The van der Waals surface area contributed by atoms with Crippen LogP contribution in [0.15, 0.2) is 170 Å². The van der Waals surface area contributed by atoms with Crippen molar-refractivity contribution in [3.8, 4) is 29.0 Å². The second-order valence-corrected chi connectivity index (χ2v) is 16.0. The summed E-state index contributed by atoms with van der Waals surface area (Å²) in [7, 11) is -2.81. The van der Waals surface area contributed by atoms with Crippen molar-refractivity contribution in [3.05, 3.63) is 192 Å². The highest BCUT2D eigenvalue weighted by atomic mass is 28.3. The molecule has 232 valence electrons. The molecular formula is C45H28N4Si. The van der Waals surface area contributed by atoms with Gasteiger partial charge in [0.15, 0.2) is 8.07 Å². The Morgan fingerprint density at radius 2 is 1.10 bits per heavy atom. The van der Waals surface area contributed by atoms with E-state index in [1.807, 2.05) is 59.2 Å². The first kappa shape index (κ1) is 30.4. The number of rotatable bonds is 6. The molecule has 0 aliphatic heterocycles. The van der Waals surface area contributed by atoms with Crippen LogP contribution in [0.25, 0.3) is 43.5 Å². The highest BCUT2D eigenvalue weighted by molar-refractivity contribution is 7.19. The van der Waals surface area contributed by atoms with Gasteiger partial charge in [-0.1, -0.05) is 133 Å². The highest BCUT2D eigenvalue weighted by Crippen LogP contribution is 2.39. The maximum atomic E-state index is 10.7. The molecule has 1 aromatic heterocycles. The quantitative estimate of drug-likeness (QED) is 0.104. The summed E-state index contributed by atoms with van der Waals surface area (Å²) in [5.74, 6) is 0. The zero-order chi connectivity index (χ0) is 34.1. The summed E-state index contributed by atoms with van der Waals surface area (Å²) in [6.45, 7) is 8.32. The number of fused-ring (bicyclic) bond motifs is 3. The summed E-state index contributed by atoms with van der Waals surface area (Å²) in [4.78, 5) is 4.03. The van der Waals surface area contributed by atoms with Crippen molar-refractivity contribution < 1.29 is 0 Å².